The molecule has 1 aromatic heterocycles. The number of pyridine rings is 1. The van der Waals surface area contributed by atoms with Crippen LogP contribution in [-0.2, 0) is 0 Å². The summed E-state index contributed by atoms with van der Waals surface area (Å²) in [6, 6.07) is 2.99. The highest BCUT2D eigenvalue weighted by molar-refractivity contribution is 5.92. The number of aromatic nitrogens is 1. The predicted octanol–water partition coefficient (Wildman–Crippen LogP) is 1.27. The summed E-state index contributed by atoms with van der Waals surface area (Å²) >= 11 is 0. The van der Waals surface area contributed by atoms with Crippen molar-refractivity contribution >= 4 is 5.91 Å². The van der Waals surface area contributed by atoms with Crippen molar-refractivity contribution in [2.75, 3.05) is 13.1 Å². The third-order valence-electron chi connectivity index (χ3n) is 2.02. The number of nitrogens with zero attached hydrogens (tertiary/aromatic N) is 2. The van der Waals surface area contributed by atoms with Gasteiger partial charge in [-0.2, -0.15) is 0 Å². The van der Waals surface area contributed by atoms with E-state index in [4.69, 9.17) is 5.11 Å². The fraction of sp³-hybridized carbons (Fsp3) is 0.400. The molecule has 0 spiro atoms. The van der Waals surface area contributed by atoms with Gasteiger partial charge in [-0.1, -0.05) is 0 Å². The van der Waals surface area contributed by atoms with Gasteiger partial charge in [0, 0.05) is 13.1 Å². The van der Waals surface area contributed by atoms with Gasteiger partial charge < -0.3 is 10.0 Å². The van der Waals surface area contributed by atoms with Crippen LogP contribution in [0, 0.1) is 0 Å². The van der Waals surface area contributed by atoms with Gasteiger partial charge in [-0.3, -0.25) is 4.79 Å². The van der Waals surface area contributed by atoms with Crippen molar-refractivity contribution in [2.45, 2.75) is 13.8 Å². The lowest BCUT2D eigenvalue weighted by atomic mass is 10.3. The fourth-order valence-electron chi connectivity index (χ4n) is 1.19. The molecule has 4 heteroatoms. The Hall–Kier alpha value is -1.58. The van der Waals surface area contributed by atoms with Gasteiger partial charge in [0.25, 0.3) is 5.91 Å². The Morgan fingerprint density at radius 2 is 2.07 bits per heavy atom. The molecule has 0 atom stereocenters. The zero-order valence-corrected chi connectivity index (χ0v) is 8.40. The fourth-order valence-corrected chi connectivity index (χ4v) is 1.19. The summed E-state index contributed by atoms with van der Waals surface area (Å²) in [5.41, 5.74) is 0.367. The number of hydrogen-bond donors (Lipinski definition) is 1. The summed E-state index contributed by atoms with van der Waals surface area (Å²) in [6.45, 7) is 5.17. The van der Waals surface area contributed by atoms with Gasteiger partial charge in [-0.25, -0.2) is 4.98 Å². The number of amides is 1. The molecule has 0 aliphatic rings. The van der Waals surface area contributed by atoms with Crippen molar-refractivity contribution in [1.29, 1.82) is 0 Å². The topological polar surface area (TPSA) is 53.4 Å². The minimum atomic E-state index is -0.102. The summed E-state index contributed by atoms with van der Waals surface area (Å²) in [5, 5.41) is 9.00. The van der Waals surface area contributed by atoms with Crippen molar-refractivity contribution in [1.82, 2.24) is 9.88 Å². The van der Waals surface area contributed by atoms with Crippen LogP contribution >= 0.6 is 0 Å². The van der Waals surface area contributed by atoms with Crippen LogP contribution in [0.15, 0.2) is 18.3 Å². The summed E-state index contributed by atoms with van der Waals surface area (Å²) in [7, 11) is 0. The molecule has 0 bridgehead atoms. The van der Waals surface area contributed by atoms with Gasteiger partial charge in [0.1, 0.15) is 11.4 Å². The monoisotopic (exact) mass is 194 g/mol. The van der Waals surface area contributed by atoms with Crippen LogP contribution in [0.4, 0.5) is 0 Å². The van der Waals surface area contributed by atoms with Gasteiger partial charge in [0.15, 0.2) is 0 Å². The second-order valence-electron chi connectivity index (χ2n) is 2.88. The van der Waals surface area contributed by atoms with Crippen LogP contribution < -0.4 is 0 Å². The molecular formula is C10H14N2O2. The van der Waals surface area contributed by atoms with E-state index in [-0.39, 0.29) is 11.7 Å². The first-order valence-corrected chi connectivity index (χ1v) is 4.63. The maximum atomic E-state index is 11.7. The lowest BCUT2D eigenvalue weighted by molar-refractivity contribution is 0.0767. The average molecular weight is 194 g/mol. The SMILES string of the molecule is CCN(CC)C(=O)c1ccc(O)cn1. The molecule has 1 amide bonds. The lowest BCUT2D eigenvalue weighted by Crippen LogP contribution is -2.30. The minimum absolute atomic E-state index is 0.0705. The Bertz CT molecular complexity index is 304. The molecular weight excluding hydrogens is 180 g/mol. The molecule has 1 heterocycles. The van der Waals surface area contributed by atoms with Gasteiger partial charge >= 0.3 is 0 Å². The predicted molar refractivity (Wildman–Crippen MR) is 53.2 cm³/mol. The average Bonchev–Trinajstić information content (AvgIpc) is 2.20. The quantitative estimate of drug-likeness (QED) is 0.788. The van der Waals surface area contributed by atoms with Crippen LogP contribution in [0.3, 0.4) is 0 Å². The summed E-state index contributed by atoms with van der Waals surface area (Å²) in [6.07, 6.45) is 1.27. The number of aromatic hydroxyl groups is 1. The molecule has 14 heavy (non-hydrogen) atoms. The van der Waals surface area contributed by atoms with Crippen molar-refractivity contribution in [3.8, 4) is 5.75 Å². The zero-order valence-electron chi connectivity index (χ0n) is 8.40. The highest BCUT2D eigenvalue weighted by atomic mass is 16.3. The summed E-state index contributed by atoms with van der Waals surface area (Å²) in [5.74, 6) is -0.0314. The summed E-state index contributed by atoms with van der Waals surface area (Å²) in [4.78, 5) is 17.2. The lowest BCUT2D eigenvalue weighted by Gasteiger charge is -2.17. The van der Waals surface area contributed by atoms with Gasteiger partial charge in [0.2, 0.25) is 0 Å². The van der Waals surface area contributed by atoms with Crippen molar-refractivity contribution < 1.29 is 9.90 Å². The van der Waals surface area contributed by atoms with Crippen molar-refractivity contribution in [3.63, 3.8) is 0 Å². The highest BCUT2D eigenvalue weighted by Gasteiger charge is 2.12. The van der Waals surface area contributed by atoms with Gasteiger partial charge in [-0.05, 0) is 26.0 Å². The molecule has 0 unspecified atom stereocenters. The van der Waals surface area contributed by atoms with Crippen LogP contribution in [-0.4, -0.2) is 34.0 Å². The highest BCUT2D eigenvalue weighted by Crippen LogP contribution is 2.07. The molecule has 1 N–H and O–H groups in total. The molecule has 0 saturated heterocycles. The molecule has 4 nitrogen and oxygen atoms in total. The molecule has 76 valence electrons. The van der Waals surface area contributed by atoms with E-state index in [9.17, 15) is 4.79 Å². The first kappa shape index (κ1) is 10.5. The maximum absolute atomic E-state index is 11.7. The number of carbonyl (C=O) groups is 1. The zero-order chi connectivity index (χ0) is 10.6. The number of carbonyl (C=O) groups excluding carboxylic acids is 1. The summed E-state index contributed by atoms with van der Waals surface area (Å²) < 4.78 is 0. The van der Waals surface area contributed by atoms with E-state index in [1.807, 2.05) is 13.8 Å². The van der Waals surface area contributed by atoms with Gasteiger partial charge in [0.05, 0.1) is 6.20 Å². The Balaban J connectivity index is 2.83. The first-order valence-electron chi connectivity index (χ1n) is 4.63. The smallest absolute Gasteiger partial charge is 0.272 e. The van der Waals surface area contributed by atoms with E-state index in [1.165, 1.54) is 18.3 Å². The Morgan fingerprint density at radius 3 is 2.50 bits per heavy atom. The molecule has 0 radical (unpaired) electrons. The van der Waals surface area contributed by atoms with Crippen LogP contribution in [0.25, 0.3) is 0 Å². The van der Waals surface area contributed by atoms with Crippen LogP contribution in [0.1, 0.15) is 24.3 Å². The van der Waals surface area contributed by atoms with E-state index < -0.39 is 0 Å². The van der Waals surface area contributed by atoms with Gasteiger partial charge in [-0.15, -0.1) is 0 Å². The van der Waals surface area contributed by atoms with E-state index in [2.05, 4.69) is 4.98 Å². The van der Waals surface area contributed by atoms with Crippen molar-refractivity contribution in [3.05, 3.63) is 24.0 Å². The standard InChI is InChI=1S/C10H14N2O2/c1-3-12(4-2)10(14)9-6-5-8(13)7-11-9/h5-7,13H,3-4H2,1-2H3. The number of rotatable bonds is 3. The van der Waals surface area contributed by atoms with E-state index in [0.29, 0.717) is 18.8 Å². The van der Waals surface area contributed by atoms with Crippen LogP contribution in [0.5, 0.6) is 5.75 Å². The van der Waals surface area contributed by atoms with E-state index in [0.717, 1.165) is 0 Å². The maximum Gasteiger partial charge on any atom is 0.272 e. The Morgan fingerprint density at radius 1 is 1.43 bits per heavy atom. The second-order valence-corrected chi connectivity index (χ2v) is 2.88. The molecule has 0 fully saturated rings. The van der Waals surface area contributed by atoms with Crippen molar-refractivity contribution in [2.24, 2.45) is 0 Å². The molecule has 1 aromatic rings. The number of hydrogen-bond acceptors (Lipinski definition) is 3. The van der Waals surface area contributed by atoms with E-state index >= 15 is 0 Å². The minimum Gasteiger partial charge on any atom is -0.506 e. The van der Waals surface area contributed by atoms with E-state index in [1.54, 1.807) is 4.90 Å². The Labute approximate surface area is 83.2 Å². The largest absolute Gasteiger partial charge is 0.506 e. The third-order valence-corrected chi connectivity index (χ3v) is 2.02. The molecule has 1 rings (SSSR count). The Kier molecular flexibility index (Phi) is 3.45. The van der Waals surface area contributed by atoms with Crippen LogP contribution in [0.2, 0.25) is 0 Å². The molecule has 0 aliphatic carbocycles. The molecule has 0 aromatic carbocycles. The third kappa shape index (κ3) is 2.22. The second kappa shape index (κ2) is 4.60. The molecule has 0 saturated carbocycles. The normalized spacial score (nSPS) is 9.86. The molecule has 0 aliphatic heterocycles. The first-order chi connectivity index (χ1) is 6.69.